The van der Waals surface area contributed by atoms with Gasteiger partial charge in [0, 0.05) is 18.0 Å². The summed E-state index contributed by atoms with van der Waals surface area (Å²) < 4.78 is 1.73. The average Bonchev–Trinajstić information content (AvgIpc) is 2.59. The Morgan fingerprint density at radius 2 is 2.21 bits per heavy atom. The van der Waals surface area contributed by atoms with Crippen molar-refractivity contribution in [2.24, 2.45) is 0 Å². The summed E-state index contributed by atoms with van der Waals surface area (Å²) in [5.41, 5.74) is 2.78. The summed E-state index contributed by atoms with van der Waals surface area (Å²) in [4.78, 5) is 4.29. The smallest absolute Gasteiger partial charge is 0.158 e. The monoisotopic (exact) mass is 185 g/mol. The van der Waals surface area contributed by atoms with Crippen LogP contribution in [0.2, 0.25) is 0 Å². The first kappa shape index (κ1) is 8.76. The maximum absolute atomic E-state index is 5.28. The van der Waals surface area contributed by atoms with Crippen molar-refractivity contribution in [3.63, 3.8) is 0 Å². The molecule has 14 heavy (non-hydrogen) atoms. The molecule has 3 heteroatoms. The highest BCUT2D eigenvalue weighted by Crippen LogP contribution is 2.18. The van der Waals surface area contributed by atoms with Crippen molar-refractivity contribution in [1.82, 2.24) is 14.6 Å². The molecular weight excluding hydrogens is 174 g/mol. The third kappa shape index (κ3) is 1.25. The second-order valence-electron chi connectivity index (χ2n) is 3.51. The normalized spacial score (nSPS) is 10.7. The van der Waals surface area contributed by atoms with E-state index in [-0.39, 0.29) is 0 Å². The number of nitrogens with zero attached hydrogens (tertiary/aromatic N) is 3. The second kappa shape index (κ2) is 3.15. The Bertz CT molecular complexity index is 503. The highest BCUT2D eigenvalue weighted by Gasteiger charge is 2.08. The Labute approximate surface area is 82.8 Å². The highest BCUT2D eigenvalue weighted by atomic mass is 15.2. The van der Waals surface area contributed by atoms with Crippen molar-refractivity contribution < 1.29 is 0 Å². The molecule has 0 bridgehead atoms. The Balaban J connectivity index is 2.67. The zero-order valence-electron chi connectivity index (χ0n) is 8.23. The van der Waals surface area contributed by atoms with Gasteiger partial charge in [-0.1, -0.05) is 19.8 Å². The van der Waals surface area contributed by atoms with Gasteiger partial charge in [0.25, 0.3) is 0 Å². The SMILES string of the molecule is C#Cc1cnc2c(C(C)C)cnn2c1. The molecule has 0 amide bonds. The standard InChI is InChI=1S/C11H11N3/c1-4-9-5-12-11-10(8(2)3)6-13-14(11)7-9/h1,5-8H,2-3H3. The molecule has 2 rings (SSSR count). The summed E-state index contributed by atoms with van der Waals surface area (Å²) in [6.45, 7) is 4.24. The number of terminal acetylenes is 1. The van der Waals surface area contributed by atoms with Gasteiger partial charge in [0.1, 0.15) is 0 Å². The van der Waals surface area contributed by atoms with Crippen molar-refractivity contribution in [3.8, 4) is 12.3 Å². The Morgan fingerprint density at radius 3 is 2.86 bits per heavy atom. The first-order valence-corrected chi connectivity index (χ1v) is 4.52. The van der Waals surface area contributed by atoms with Crippen molar-refractivity contribution in [2.45, 2.75) is 19.8 Å². The van der Waals surface area contributed by atoms with E-state index >= 15 is 0 Å². The van der Waals surface area contributed by atoms with Crippen LogP contribution >= 0.6 is 0 Å². The topological polar surface area (TPSA) is 30.2 Å². The molecule has 0 aliphatic rings. The summed E-state index contributed by atoms with van der Waals surface area (Å²) in [5, 5.41) is 4.21. The third-order valence-electron chi connectivity index (χ3n) is 2.17. The van der Waals surface area contributed by atoms with E-state index in [1.165, 1.54) is 0 Å². The van der Waals surface area contributed by atoms with Crippen LogP contribution in [-0.4, -0.2) is 14.6 Å². The molecule has 3 nitrogen and oxygen atoms in total. The van der Waals surface area contributed by atoms with Gasteiger partial charge in [-0.2, -0.15) is 5.10 Å². The summed E-state index contributed by atoms with van der Waals surface area (Å²) >= 11 is 0. The molecule has 0 unspecified atom stereocenters. The van der Waals surface area contributed by atoms with Gasteiger partial charge in [-0.15, -0.1) is 6.42 Å². The largest absolute Gasteiger partial charge is 0.235 e. The molecule has 70 valence electrons. The minimum atomic E-state index is 0.427. The molecule has 0 aliphatic heterocycles. The van der Waals surface area contributed by atoms with Gasteiger partial charge in [-0.05, 0) is 5.92 Å². The third-order valence-corrected chi connectivity index (χ3v) is 2.17. The van der Waals surface area contributed by atoms with Crippen LogP contribution in [0.3, 0.4) is 0 Å². The van der Waals surface area contributed by atoms with E-state index in [0.717, 1.165) is 16.8 Å². The Morgan fingerprint density at radius 1 is 1.43 bits per heavy atom. The van der Waals surface area contributed by atoms with E-state index in [9.17, 15) is 0 Å². The van der Waals surface area contributed by atoms with Crippen LogP contribution in [-0.2, 0) is 0 Å². The molecule has 2 aromatic heterocycles. The quantitative estimate of drug-likeness (QED) is 0.634. The first-order valence-electron chi connectivity index (χ1n) is 4.52. The summed E-state index contributed by atoms with van der Waals surface area (Å²) in [5.74, 6) is 2.96. The van der Waals surface area contributed by atoms with E-state index < -0.39 is 0 Å². The fourth-order valence-corrected chi connectivity index (χ4v) is 1.37. The van der Waals surface area contributed by atoms with Crippen molar-refractivity contribution in [1.29, 1.82) is 0 Å². The minimum absolute atomic E-state index is 0.427. The number of hydrogen-bond donors (Lipinski definition) is 0. The summed E-state index contributed by atoms with van der Waals surface area (Å²) in [6.07, 6.45) is 10.6. The number of aromatic nitrogens is 3. The van der Waals surface area contributed by atoms with E-state index in [0.29, 0.717) is 5.92 Å². The molecule has 0 N–H and O–H groups in total. The molecule has 2 aromatic rings. The minimum Gasteiger partial charge on any atom is -0.235 e. The predicted octanol–water partition coefficient (Wildman–Crippen LogP) is 1.83. The molecule has 0 saturated carbocycles. The van der Waals surface area contributed by atoms with Crippen LogP contribution < -0.4 is 0 Å². The fourth-order valence-electron chi connectivity index (χ4n) is 1.37. The molecular formula is C11H11N3. The van der Waals surface area contributed by atoms with Gasteiger partial charge in [-0.25, -0.2) is 9.50 Å². The average molecular weight is 185 g/mol. The van der Waals surface area contributed by atoms with Crippen LogP contribution in [0.25, 0.3) is 5.65 Å². The lowest BCUT2D eigenvalue weighted by Gasteiger charge is -2.00. The van der Waals surface area contributed by atoms with Gasteiger partial charge >= 0.3 is 0 Å². The lowest BCUT2D eigenvalue weighted by Crippen LogP contribution is -1.93. The molecule has 0 aromatic carbocycles. The van der Waals surface area contributed by atoms with E-state index in [2.05, 4.69) is 29.9 Å². The van der Waals surface area contributed by atoms with Crippen LogP contribution in [0.5, 0.6) is 0 Å². The molecule has 2 heterocycles. The molecule has 0 aliphatic carbocycles. The number of rotatable bonds is 1. The first-order chi connectivity index (χ1) is 6.72. The van der Waals surface area contributed by atoms with Crippen molar-refractivity contribution in [3.05, 3.63) is 29.7 Å². The molecule has 0 saturated heterocycles. The van der Waals surface area contributed by atoms with Gasteiger partial charge < -0.3 is 0 Å². The van der Waals surface area contributed by atoms with Gasteiger partial charge in [0.15, 0.2) is 5.65 Å². The predicted molar refractivity (Wildman–Crippen MR) is 55.0 cm³/mol. The maximum Gasteiger partial charge on any atom is 0.158 e. The van der Waals surface area contributed by atoms with E-state index in [1.54, 1.807) is 10.7 Å². The highest BCUT2D eigenvalue weighted by molar-refractivity contribution is 5.49. The van der Waals surface area contributed by atoms with Crippen LogP contribution in [0.1, 0.15) is 30.9 Å². The number of hydrogen-bond acceptors (Lipinski definition) is 2. The van der Waals surface area contributed by atoms with Gasteiger partial charge in [-0.3, -0.25) is 0 Å². The van der Waals surface area contributed by atoms with Gasteiger partial charge in [0.2, 0.25) is 0 Å². The number of fused-ring (bicyclic) bond motifs is 1. The maximum atomic E-state index is 5.28. The van der Waals surface area contributed by atoms with Gasteiger partial charge in [0.05, 0.1) is 11.8 Å². The molecule has 0 atom stereocenters. The summed E-state index contributed by atoms with van der Waals surface area (Å²) in [6, 6.07) is 0. The Hall–Kier alpha value is -1.82. The fraction of sp³-hybridized carbons (Fsp3) is 0.273. The lowest BCUT2D eigenvalue weighted by atomic mass is 10.1. The molecule has 0 fully saturated rings. The van der Waals surface area contributed by atoms with Crippen LogP contribution in [0, 0.1) is 12.3 Å². The van der Waals surface area contributed by atoms with E-state index in [4.69, 9.17) is 6.42 Å². The zero-order valence-corrected chi connectivity index (χ0v) is 8.23. The Kier molecular flexibility index (Phi) is 1.97. The molecule has 0 radical (unpaired) electrons. The van der Waals surface area contributed by atoms with Crippen molar-refractivity contribution in [2.75, 3.05) is 0 Å². The summed E-state index contributed by atoms with van der Waals surface area (Å²) in [7, 11) is 0. The van der Waals surface area contributed by atoms with Crippen LogP contribution in [0.4, 0.5) is 0 Å². The van der Waals surface area contributed by atoms with E-state index in [1.807, 2.05) is 12.4 Å². The van der Waals surface area contributed by atoms with Crippen LogP contribution in [0.15, 0.2) is 18.6 Å². The second-order valence-corrected chi connectivity index (χ2v) is 3.51. The molecule has 0 spiro atoms. The zero-order chi connectivity index (χ0) is 10.1. The van der Waals surface area contributed by atoms with Crippen molar-refractivity contribution >= 4 is 5.65 Å². The lowest BCUT2D eigenvalue weighted by molar-refractivity contribution is 0.871.